The third-order valence-corrected chi connectivity index (χ3v) is 5.41. The highest BCUT2D eigenvalue weighted by Gasteiger charge is 2.25. The quantitative estimate of drug-likeness (QED) is 0.831. The normalized spacial score (nSPS) is 17.6. The zero-order valence-corrected chi connectivity index (χ0v) is 14.1. The molecule has 1 aromatic heterocycles. The number of benzene rings is 1. The highest BCUT2D eigenvalue weighted by atomic mass is 32.2. The van der Waals surface area contributed by atoms with E-state index in [1.165, 1.54) is 6.20 Å². The van der Waals surface area contributed by atoms with Crippen LogP contribution in [-0.4, -0.2) is 42.5 Å². The van der Waals surface area contributed by atoms with Crippen LogP contribution in [0.5, 0.6) is 0 Å². The van der Waals surface area contributed by atoms with E-state index in [0.29, 0.717) is 25.0 Å². The van der Waals surface area contributed by atoms with E-state index >= 15 is 0 Å². The van der Waals surface area contributed by atoms with E-state index in [9.17, 15) is 17.6 Å². The number of carboxylic acids is 1. The molecule has 0 radical (unpaired) electrons. The Hall–Kier alpha value is -2.46. The molecule has 2 heterocycles. The number of halogens is 1. The molecule has 1 atom stereocenters. The van der Waals surface area contributed by atoms with Crippen molar-refractivity contribution in [3.05, 3.63) is 41.5 Å². The van der Waals surface area contributed by atoms with Crippen LogP contribution < -0.4 is 4.72 Å². The van der Waals surface area contributed by atoms with Crippen LogP contribution in [0.2, 0.25) is 0 Å². The van der Waals surface area contributed by atoms with Crippen molar-refractivity contribution in [3.63, 3.8) is 0 Å². The van der Waals surface area contributed by atoms with Gasteiger partial charge < -0.3 is 9.84 Å². The zero-order chi connectivity index (χ0) is 18.2. The Morgan fingerprint density at radius 3 is 2.84 bits per heavy atom. The van der Waals surface area contributed by atoms with Gasteiger partial charge in [-0.05, 0) is 31.5 Å². The molecule has 2 N–H and O–H groups in total. The number of hydrogen-bond donors (Lipinski definition) is 2. The van der Waals surface area contributed by atoms with Crippen molar-refractivity contribution in [3.8, 4) is 0 Å². The average molecular weight is 369 g/mol. The SMILES string of the molecule is Cc1c(NS(=O)(=O)c2ccc(C(=O)O)cc2F)cnn1C1CCOC1. The maximum Gasteiger partial charge on any atom is 0.335 e. The summed E-state index contributed by atoms with van der Waals surface area (Å²) in [5, 5.41) is 13.0. The molecule has 25 heavy (non-hydrogen) atoms. The molecule has 134 valence electrons. The smallest absolute Gasteiger partial charge is 0.335 e. The maximum atomic E-state index is 14.0. The summed E-state index contributed by atoms with van der Waals surface area (Å²) in [5.74, 6) is -2.48. The van der Waals surface area contributed by atoms with Gasteiger partial charge in [0.25, 0.3) is 10.0 Å². The lowest BCUT2D eigenvalue weighted by molar-refractivity contribution is 0.0696. The molecule has 1 aliphatic heterocycles. The largest absolute Gasteiger partial charge is 0.478 e. The molecule has 0 spiro atoms. The summed E-state index contributed by atoms with van der Waals surface area (Å²) < 4.78 is 48.2. The Morgan fingerprint density at radius 2 is 2.24 bits per heavy atom. The Morgan fingerprint density at radius 1 is 1.48 bits per heavy atom. The van der Waals surface area contributed by atoms with Gasteiger partial charge in [-0.15, -0.1) is 0 Å². The molecule has 8 nitrogen and oxygen atoms in total. The second kappa shape index (κ2) is 6.45. The van der Waals surface area contributed by atoms with Crippen molar-refractivity contribution in [2.24, 2.45) is 0 Å². The van der Waals surface area contributed by atoms with Crippen molar-refractivity contribution in [2.75, 3.05) is 17.9 Å². The van der Waals surface area contributed by atoms with E-state index in [2.05, 4.69) is 9.82 Å². The number of hydrogen-bond acceptors (Lipinski definition) is 5. The predicted octanol–water partition coefficient (Wildman–Crippen LogP) is 1.79. The number of sulfonamides is 1. The van der Waals surface area contributed by atoms with E-state index in [1.807, 2.05) is 0 Å². The van der Waals surface area contributed by atoms with Gasteiger partial charge in [0.15, 0.2) is 0 Å². The lowest BCUT2D eigenvalue weighted by atomic mass is 10.2. The van der Waals surface area contributed by atoms with Crippen LogP contribution in [-0.2, 0) is 14.8 Å². The maximum absolute atomic E-state index is 14.0. The molecule has 1 saturated heterocycles. The van der Waals surface area contributed by atoms with Crippen LogP contribution in [0.15, 0.2) is 29.3 Å². The van der Waals surface area contributed by atoms with Crippen LogP contribution in [0.4, 0.5) is 10.1 Å². The molecule has 10 heteroatoms. The number of aromatic carboxylic acids is 1. The van der Waals surface area contributed by atoms with Crippen molar-refractivity contribution in [1.29, 1.82) is 0 Å². The summed E-state index contributed by atoms with van der Waals surface area (Å²) in [4.78, 5) is 10.2. The molecule has 1 aliphatic rings. The minimum Gasteiger partial charge on any atom is -0.478 e. The van der Waals surface area contributed by atoms with Crippen molar-refractivity contribution < 1.29 is 27.4 Å². The van der Waals surface area contributed by atoms with E-state index in [1.54, 1.807) is 11.6 Å². The number of carboxylic acid groups (broad SMARTS) is 1. The second-order valence-corrected chi connectivity index (χ2v) is 7.31. The number of ether oxygens (including phenoxy) is 1. The third-order valence-electron chi connectivity index (χ3n) is 4.01. The summed E-state index contributed by atoms with van der Waals surface area (Å²) >= 11 is 0. The van der Waals surface area contributed by atoms with Crippen molar-refractivity contribution in [2.45, 2.75) is 24.3 Å². The zero-order valence-electron chi connectivity index (χ0n) is 13.3. The number of anilines is 1. The Balaban J connectivity index is 1.88. The predicted molar refractivity (Wildman–Crippen MR) is 85.6 cm³/mol. The van der Waals surface area contributed by atoms with E-state index in [4.69, 9.17) is 9.84 Å². The molecule has 1 aromatic carbocycles. The van der Waals surface area contributed by atoms with Gasteiger partial charge in [-0.3, -0.25) is 9.40 Å². The minimum absolute atomic E-state index is 0.0323. The second-order valence-electron chi connectivity index (χ2n) is 5.66. The standard InChI is InChI=1S/C15H16FN3O5S/c1-9-13(7-17-19(9)11-4-5-24-8-11)18-25(22,23)14-3-2-10(15(20)21)6-12(14)16/h2-3,6-7,11,18H,4-5,8H2,1H3,(H,20,21). The van der Waals surface area contributed by atoms with Crippen LogP contribution in [0, 0.1) is 12.7 Å². The molecule has 0 aliphatic carbocycles. The minimum atomic E-state index is -4.22. The molecule has 1 unspecified atom stereocenters. The lowest BCUT2D eigenvalue weighted by Crippen LogP contribution is -2.16. The summed E-state index contributed by atoms with van der Waals surface area (Å²) in [6.45, 7) is 2.82. The van der Waals surface area contributed by atoms with E-state index in [-0.39, 0.29) is 17.3 Å². The fraction of sp³-hybridized carbons (Fsp3) is 0.333. The van der Waals surface area contributed by atoms with Gasteiger partial charge in [0.05, 0.1) is 35.8 Å². The fourth-order valence-electron chi connectivity index (χ4n) is 2.66. The third kappa shape index (κ3) is 3.35. The van der Waals surface area contributed by atoms with Crippen molar-refractivity contribution in [1.82, 2.24) is 9.78 Å². The first-order valence-corrected chi connectivity index (χ1v) is 8.95. The van der Waals surface area contributed by atoms with Gasteiger partial charge in [-0.2, -0.15) is 5.10 Å². The fourth-order valence-corrected chi connectivity index (χ4v) is 3.82. The van der Waals surface area contributed by atoms with Gasteiger partial charge in [-0.1, -0.05) is 0 Å². The number of aromatic nitrogens is 2. The summed E-state index contributed by atoms with van der Waals surface area (Å²) in [6, 6.07) is 2.66. The van der Waals surface area contributed by atoms with Gasteiger partial charge in [-0.25, -0.2) is 17.6 Å². The Bertz CT molecular complexity index is 919. The Labute approximate surface area is 143 Å². The summed E-state index contributed by atoms with van der Waals surface area (Å²) in [7, 11) is -4.22. The van der Waals surface area contributed by atoms with E-state index in [0.717, 1.165) is 18.6 Å². The number of carbonyl (C=O) groups is 1. The first-order chi connectivity index (χ1) is 11.8. The summed E-state index contributed by atoms with van der Waals surface area (Å²) in [6.07, 6.45) is 2.13. The highest BCUT2D eigenvalue weighted by Crippen LogP contribution is 2.26. The monoisotopic (exact) mass is 369 g/mol. The number of nitrogens with zero attached hydrogens (tertiary/aromatic N) is 2. The van der Waals surface area contributed by atoms with Crippen LogP contribution in [0.1, 0.15) is 28.5 Å². The average Bonchev–Trinajstić information content (AvgIpc) is 3.17. The molecule has 3 rings (SSSR count). The molecule has 0 bridgehead atoms. The van der Waals surface area contributed by atoms with Crippen LogP contribution >= 0.6 is 0 Å². The number of rotatable bonds is 5. The molecule has 2 aromatic rings. The van der Waals surface area contributed by atoms with Crippen LogP contribution in [0.25, 0.3) is 0 Å². The Kier molecular flexibility index (Phi) is 4.48. The van der Waals surface area contributed by atoms with Crippen molar-refractivity contribution >= 4 is 21.7 Å². The van der Waals surface area contributed by atoms with E-state index < -0.39 is 26.7 Å². The van der Waals surface area contributed by atoms with Crippen LogP contribution in [0.3, 0.4) is 0 Å². The first-order valence-electron chi connectivity index (χ1n) is 7.47. The summed E-state index contributed by atoms with van der Waals surface area (Å²) in [5.41, 5.74) is 0.483. The molecular formula is C15H16FN3O5S. The van der Waals surface area contributed by atoms with Gasteiger partial charge in [0, 0.05) is 6.61 Å². The van der Waals surface area contributed by atoms with Gasteiger partial charge in [0.2, 0.25) is 0 Å². The van der Waals surface area contributed by atoms with Gasteiger partial charge >= 0.3 is 5.97 Å². The lowest BCUT2D eigenvalue weighted by Gasteiger charge is -2.12. The molecule has 0 saturated carbocycles. The molecular weight excluding hydrogens is 353 g/mol. The first kappa shape index (κ1) is 17.4. The molecule has 1 fully saturated rings. The number of nitrogens with one attached hydrogen (secondary N) is 1. The molecule has 0 amide bonds. The van der Waals surface area contributed by atoms with Gasteiger partial charge in [0.1, 0.15) is 10.7 Å². The highest BCUT2D eigenvalue weighted by molar-refractivity contribution is 7.92. The topological polar surface area (TPSA) is 111 Å².